The van der Waals surface area contributed by atoms with Crippen molar-refractivity contribution >= 4 is 5.97 Å². The van der Waals surface area contributed by atoms with Crippen LogP contribution >= 0.6 is 0 Å². The average Bonchev–Trinajstić information content (AvgIpc) is 3.00. The molecule has 0 aromatic heterocycles. The Kier molecular flexibility index (Phi) is 11.5. The maximum Gasteiger partial charge on any atom is 0.338 e. The van der Waals surface area contributed by atoms with Gasteiger partial charge in [-0.2, -0.15) is 0 Å². The number of hydrogen-bond acceptors (Lipinski definition) is 5. The lowest BCUT2D eigenvalue weighted by molar-refractivity contribution is 0.0526. The van der Waals surface area contributed by atoms with Gasteiger partial charge in [0.25, 0.3) is 0 Å². The van der Waals surface area contributed by atoms with E-state index in [2.05, 4.69) is 30.3 Å². The molecule has 208 valence electrons. The quantitative estimate of drug-likeness (QED) is 0.106. The summed E-state index contributed by atoms with van der Waals surface area (Å²) in [5, 5.41) is 0. The lowest BCUT2D eigenvalue weighted by Crippen LogP contribution is -2.04. The van der Waals surface area contributed by atoms with Gasteiger partial charge in [0.15, 0.2) is 11.5 Å². The van der Waals surface area contributed by atoms with Gasteiger partial charge in [-0.1, -0.05) is 85.6 Å². The summed E-state index contributed by atoms with van der Waals surface area (Å²) in [6.07, 6.45) is 5.11. The van der Waals surface area contributed by atoms with Crippen molar-refractivity contribution in [3.63, 3.8) is 0 Å². The van der Waals surface area contributed by atoms with Gasteiger partial charge < -0.3 is 18.9 Å². The summed E-state index contributed by atoms with van der Waals surface area (Å²) < 4.78 is 23.4. The fourth-order valence-electron chi connectivity index (χ4n) is 4.36. The minimum absolute atomic E-state index is 0.309. The van der Waals surface area contributed by atoms with Crippen LogP contribution in [0.5, 0.6) is 17.2 Å². The number of esters is 1. The molecule has 0 aliphatic carbocycles. The first-order valence-corrected chi connectivity index (χ1v) is 14.1. The summed E-state index contributed by atoms with van der Waals surface area (Å²) in [5.74, 6) is 2.06. The number of carbonyl (C=O) groups excluding carboxylic acids is 1. The van der Waals surface area contributed by atoms with E-state index in [1.807, 2.05) is 60.7 Å². The van der Waals surface area contributed by atoms with Crippen molar-refractivity contribution in [1.82, 2.24) is 0 Å². The molecule has 0 heterocycles. The van der Waals surface area contributed by atoms with Crippen LogP contribution in [0, 0.1) is 0 Å². The van der Waals surface area contributed by atoms with Gasteiger partial charge in [0, 0.05) is 0 Å². The number of aryl methyl sites for hydroxylation is 1. The molecule has 40 heavy (non-hydrogen) atoms. The fraction of sp³-hybridized carbons (Fsp3) is 0.286. The molecule has 0 fully saturated rings. The molecule has 4 rings (SSSR count). The first-order chi connectivity index (χ1) is 19.7. The third kappa shape index (κ3) is 9.19. The maximum atomic E-state index is 11.8. The molecule has 5 heteroatoms. The first-order valence-electron chi connectivity index (χ1n) is 14.1. The van der Waals surface area contributed by atoms with Gasteiger partial charge in [-0.25, -0.2) is 4.79 Å². The molecule has 5 nitrogen and oxygen atoms in total. The largest absolute Gasteiger partial charge is 0.494 e. The van der Waals surface area contributed by atoms with Crippen molar-refractivity contribution in [2.24, 2.45) is 0 Å². The summed E-state index contributed by atoms with van der Waals surface area (Å²) in [5.41, 5.74) is 3.95. The van der Waals surface area contributed by atoms with Crippen LogP contribution in [-0.4, -0.2) is 19.2 Å². The van der Waals surface area contributed by atoms with Crippen LogP contribution in [0.2, 0.25) is 0 Å². The van der Waals surface area contributed by atoms with E-state index in [9.17, 15) is 4.79 Å². The smallest absolute Gasteiger partial charge is 0.338 e. The van der Waals surface area contributed by atoms with Crippen LogP contribution in [0.15, 0.2) is 103 Å². The molecule has 0 aliphatic rings. The normalized spacial score (nSPS) is 10.6. The molecule has 0 unspecified atom stereocenters. The Morgan fingerprint density at radius 2 is 1.27 bits per heavy atom. The Labute approximate surface area is 237 Å². The SMILES string of the molecule is CCOC(=O)c1ccc(OCCCCCCc2cccc(OCc3ccccc3)c2OCc2ccccc2)cc1. The molecule has 0 atom stereocenters. The molecule has 4 aromatic carbocycles. The highest BCUT2D eigenvalue weighted by Gasteiger charge is 2.12. The molecule has 4 aromatic rings. The molecule has 0 amide bonds. The summed E-state index contributed by atoms with van der Waals surface area (Å²) in [4.78, 5) is 11.8. The van der Waals surface area contributed by atoms with Crippen molar-refractivity contribution < 1.29 is 23.7 Å². The van der Waals surface area contributed by atoms with Gasteiger partial charge in [-0.3, -0.25) is 0 Å². The van der Waals surface area contributed by atoms with Gasteiger partial charge in [0.1, 0.15) is 19.0 Å². The lowest BCUT2D eigenvalue weighted by atomic mass is 10.0. The minimum atomic E-state index is -0.309. The number of unbranched alkanes of at least 4 members (excludes halogenated alkanes) is 3. The summed E-state index contributed by atoms with van der Waals surface area (Å²) in [6, 6.07) is 33.7. The van der Waals surface area contributed by atoms with Gasteiger partial charge in [0.2, 0.25) is 0 Å². The second-order valence-corrected chi connectivity index (χ2v) is 9.55. The zero-order valence-electron chi connectivity index (χ0n) is 23.2. The lowest BCUT2D eigenvalue weighted by Gasteiger charge is -2.17. The van der Waals surface area contributed by atoms with Gasteiger partial charge in [-0.05, 0) is 73.2 Å². The average molecular weight is 539 g/mol. The van der Waals surface area contributed by atoms with E-state index < -0.39 is 0 Å². The molecule has 0 spiro atoms. The van der Waals surface area contributed by atoms with Crippen molar-refractivity contribution in [1.29, 1.82) is 0 Å². The maximum absolute atomic E-state index is 11.8. The van der Waals surface area contributed by atoms with E-state index in [-0.39, 0.29) is 5.97 Å². The molecule has 0 saturated carbocycles. The predicted molar refractivity (Wildman–Crippen MR) is 158 cm³/mol. The van der Waals surface area contributed by atoms with Crippen LogP contribution in [0.4, 0.5) is 0 Å². The molecule has 0 saturated heterocycles. The molecule has 0 aliphatic heterocycles. The number of rotatable bonds is 16. The van der Waals surface area contributed by atoms with Crippen molar-refractivity contribution in [3.8, 4) is 17.2 Å². The number of benzene rings is 4. The van der Waals surface area contributed by atoms with Crippen LogP contribution in [-0.2, 0) is 24.4 Å². The van der Waals surface area contributed by atoms with E-state index in [1.54, 1.807) is 19.1 Å². The number of ether oxygens (including phenoxy) is 4. The van der Waals surface area contributed by atoms with Gasteiger partial charge >= 0.3 is 5.97 Å². The van der Waals surface area contributed by atoms with Crippen molar-refractivity contribution in [3.05, 3.63) is 125 Å². The molecule has 0 N–H and O–H groups in total. The zero-order valence-corrected chi connectivity index (χ0v) is 23.2. The Morgan fingerprint density at radius 3 is 1.95 bits per heavy atom. The molecular formula is C35H38O5. The fourth-order valence-corrected chi connectivity index (χ4v) is 4.36. The van der Waals surface area contributed by atoms with Crippen molar-refractivity contribution in [2.75, 3.05) is 13.2 Å². The Balaban J connectivity index is 1.26. The Hall–Kier alpha value is -4.25. The Bertz CT molecular complexity index is 1290. The van der Waals surface area contributed by atoms with E-state index in [0.717, 1.165) is 60.5 Å². The standard InChI is InChI=1S/C35H38O5/c1-2-37-35(36)31-21-23-32(24-22-31)38-25-12-4-3-11-18-30-19-13-20-33(39-26-28-14-7-5-8-15-28)34(30)40-27-29-16-9-6-10-17-29/h5-10,13-17,19-24H,2-4,11-12,18,25-27H2,1H3. The highest BCUT2D eigenvalue weighted by molar-refractivity contribution is 5.89. The Morgan fingerprint density at radius 1 is 0.625 bits per heavy atom. The van der Waals surface area contributed by atoms with Gasteiger partial charge in [-0.15, -0.1) is 0 Å². The third-order valence-corrected chi connectivity index (χ3v) is 6.50. The monoisotopic (exact) mass is 538 g/mol. The van der Waals surface area contributed by atoms with E-state index in [4.69, 9.17) is 18.9 Å². The first kappa shape index (κ1) is 28.8. The zero-order chi connectivity index (χ0) is 27.8. The predicted octanol–water partition coefficient (Wildman–Crippen LogP) is 8.20. The van der Waals surface area contributed by atoms with Gasteiger partial charge in [0.05, 0.1) is 18.8 Å². The third-order valence-electron chi connectivity index (χ3n) is 6.50. The summed E-state index contributed by atoms with van der Waals surface area (Å²) in [6.45, 7) is 3.81. The summed E-state index contributed by atoms with van der Waals surface area (Å²) >= 11 is 0. The minimum Gasteiger partial charge on any atom is -0.494 e. The van der Waals surface area contributed by atoms with Crippen LogP contribution < -0.4 is 14.2 Å². The van der Waals surface area contributed by atoms with E-state index in [0.29, 0.717) is 32.0 Å². The van der Waals surface area contributed by atoms with Crippen molar-refractivity contribution in [2.45, 2.75) is 52.2 Å². The number of carbonyl (C=O) groups is 1. The highest BCUT2D eigenvalue weighted by atomic mass is 16.5. The topological polar surface area (TPSA) is 54.0 Å². The summed E-state index contributed by atoms with van der Waals surface area (Å²) in [7, 11) is 0. The van der Waals surface area contributed by atoms with E-state index >= 15 is 0 Å². The molecular weight excluding hydrogens is 500 g/mol. The van der Waals surface area contributed by atoms with Crippen LogP contribution in [0.3, 0.4) is 0 Å². The highest BCUT2D eigenvalue weighted by Crippen LogP contribution is 2.34. The molecule has 0 bridgehead atoms. The van der Waals surface area contributed by atoms with Crippen LogP contribution in [0.1, 0.15) is 59.7 Å². The second-order valence-electron chi connectivity index (χ2n) is 9.55. The second kappa shape index (κ2) is 16.0. The molecule has 0 radical (unpaired) electrons. The number of para-hydroxylation sites is 1. The van der Waals surface area contributed by atoms with Crippen LogP contribution in [0.25, 0.3) is 0 Å². The van der Waals surface area contributed by atoms with E-state index in [1.165, 1.54) is 5.56 Å². The number of hydrogen-bond donors (Lipinski definition) is 0.